The number of nitrogens with zero attached hydrogens (tertiary/aromatic N) is 6. The van der Waals surface area contributed by atoms with Gasteiger partial charge in [-0.15, -0.1) is 0 Å². The Morgan fingerprint density at radius 3 is 1.24 bits per heavy atom. The molecular weight excluding hydrogens is 1510 g/mol. The van der Waals surface area contributed by atoms with E-state index >= 15 is 0 Å². The molecule has 0 radical (unpaired) electrons. The number of aliphatic hydroxyl groups is 4. The number of ether oxygens (including phenoxy) is 7. The fourth-order valence-electron chi connectivity index (χ4n) is 31.4. The number of benzene rings is 3. The van der Waals surface area contributed by atoms with Gasteiger partial charge in [0.05, 0.1) is 111 Å². The van der Waals surface area contributed by atoms with E-state index in [4.69, 9.17) is 43.4 Å². The molecule has 9 saturated carbocycles. The van der Waals surface area contributed by atoms with Crippen LogP contribution in [-0.4, -0.2) is 166 Å². The Kier molecular flexibility index (Phi) is 20.1. The maximum absolute atomic E-state index is 13.6. The maximum atomic E-state index is 13.6. The molecule has 119 heavy (non-hydrogen) atoms. The first-order valence-corrected chi connectivity index (χ1v) is 45.1. The average Bonchev–Trinajstić information content (AvgIpc) is 1.68. The minimum atomic E-state index is -1.58. The SMILES string of the molecule is C1CCOC1.COCO[C@H]1C[C@@]2(C)C(CC[C@@]23COCC32CCOC2)C2CCC3=Cc4c(cnn4-c4ccc(F)cc4)C[C@]3(C)C21.C[C@]12Cc3cnn(-c4ccc(F)cc4)c3C=C1CCC1C2[C@@H](O)C[C@@]2(C)C1CC[C@@]21COCC12CCOC2.C[C@]12Cc3cnn(-c4ccc(F)cc4)c3C=C1CCC1C2[C@@H](O)C[C@@]2(C)C1CC[C@]2(O)C(=O)CO. The minimum Gasteiger partial charge on any atom is -0.393 e. The summed E-state index contributed by atoms with van der Waals surface area (Å²) < 4.78 is 88.5. The van der Waals surface area contributed by atoms with Crippen LogP contribution in [0.25, 0.3) is 35.3 Å². The summed E-state index contributed by atoms with van der Waals surface area (Å²) in [7, 11) is 1.74. The molecule has 23 rings (SSSR count). The van der Waals surface area contributed by atoms with Gasteiger partial charge in [0.25, 0.3) is 0 Å². The van der Waals surface area contributed by atoms with Crippen molar-refractivity contribution in [3.8, 4) is 17.1 Å². The van der Waals surface area contributed by atoms with Gasteiger partial charge in [-0.2, -0.15) is 15.3 Å². The van der Waals surface area contributed by atoms with Crippen molar-refractivity contribution in [2.75, 3.05) is 86.6 Å². The van der Waals surface area contributed by atoms with E-state index in [1.165, 1.54) is 109 Å². The van der Waals surface area contributed by atoms with Gasteiger partial charge >= 0.3 is 0 Å². The van der Waals surface area contributed by atoms with E-state index in [1.54, 1.807) is 31.4 Å². The highest BCUT2D eigenvalue weighted by atomic mass is 19.1. The van der Waals surface area contributed by atoms with Gasteiger partial charge in [-0.3, -0.25) is 4.79 Å². The number of hydrogen-bond acceptors (Lipinski definition) is 15. The standard InChI is InChI=1S/C34H43FN2O4.C32H39FN2O3.C28H33FN2O4.C4H8O/c1-31-15-22-17-36-37(25-7-5-24(35)6-8-25)28(22)14-23(31)4-9-26-27-10-11-34(20-40-19-33(34)12-13-39-18-33)32(27,2)16-29(30(26)31)41-21-38-3;1-29-14-20-16-34-35(23-6-4-22(33)5-7-23)26(20)13-21(29)3-8-24-25-9-10-32(30(25,2)15-27(36)28(24)29)19-38-18-31(32)11-12-37-17-31;1-26-12-16-14-30-31(19-6-4-18(29)5-7-19)22(16)11-17(26)3-8-20-21-9-10-28(35,24(34)15-32)27(21,2)13-23(33)25(20)26;1-2-4-5-3-1/h5-8,14,17,26-27,29-30H,4,9-13,15-16,18-21H2,1-3H3;4-7,13,16,24-25,27-28,36H,3,8-12,14-15,17-19H2,1-2H3;4-7,11,14,20-21,23,25,32-33,35H,3,8-10,12-13,15H2,1-2H3;1-4H2/t26?,27?,29-,30?,31-,32-,33?,34+;24?,25?,27-,28?,29-,30-,31?,32+;20?,21?,23-,25?,26-,27-,28-;/m000./s1. The zero-order chi connectivity index (χ0) is 82.2. The number of fused-ring (bicyclic) bond motifs is 22. The molecule has 4 N–H and O–H groups in total. The smallest absolute Gasteiger partial charge is 0.190 e. The first-order valence-electron chi connectivity index (χ1n) is 45.1. The Balaban J connectivity index is 0.000000111. The van der Waals surface area contributed by atoms with Crippen molar-refractivity contribution in [1.82, 2.24) is 29.3 Å². The summed E-state index contributed by atoms with van der Waals surface area (Å²) >= 11 is 0. The lowest BCUT2D eigenvalue weighted by Crippen LogP contribution is -2.62. The van der Waals surface area contributed by atoms with Gasteiger partial charge in [0, 0.05) is 60.6 Å². The number of carbonyl (C=O) groups excluding carboxylic acids is 1. The van der Waals surface area contributed by atoms with E-state index < -0.39 is 29.5 Å². The molecule has 3 aromatic carbocycles. The number of ketones is 1. The molecule has 23 atom stereocenters. The third-order valence-electron chi connectivity index (χ3n) is 36.9. The highest BCUT2D eigenvalue weighted by Crippen LogP contribution is 2.79. The molecule has 0 bridgehead atoms. The van der Waals surface area contributed by atoms with Crippen molar-refractivity contribution >= 4 is 24.0 Å². The fraction of sp³-hybridized carbons (Fsp3) is 0.653. The number of aromatic nitrogens is 6. The van der Waals surface area contributed by atoms with Crippen LogP contribution in [0.4, 0.5) is 13.2 Å². The van der Waals surface area contributed by atoms with Crippen LogP contribution in [0.15, 0.2) is 108 Å². The Hall–Kier alpha value is -6.47. The molecule has 21 heteroatoms. The van der Waals surface area contributed by atoms with Crippen LogP contribution >= 0.6 is 0 Å². The summed E-state index contributed by atoms with van der Waals surface area (Å²) in [6.45, 7) is 22.6. The number of Topliss-reactive ketones (excluding diaryl/α,β-unsaturated/α-hetero) is 1. The van der Waals surface area contributed by atoms with Crippen molar-refractivity contribution < 1.29 is 71.5 Å². The zero-order valence-electron chi connectivity index (χ0n) is 70.7. The predicted molar refractivity (Wildman–Crippen MR) is 443 cm³/mol. The molecule has 4 spiro atoms. The number of aliphatic hydroxyl groups excluding tert-OH is 3. The van der Waals surface area contributed by atoms with Gasteiger partial charge < -0.3 is 53.6 Å². The highest BCUT2D eigenvalue weighted by Gasteiger charge is 2.77. The van der Waals surface area contributed by atoms with Crippen LogP contribution in [0.3, 0.4) is 0 Å². The molecule has 14 fully saturated rings. The van der Waals surface area contributed by atoms with Gasteiger partial charge in [0.2, 0.25) is 0 Å². The highest BCUT2D eigenvalue weighted by molar-refractivity contribution is 5.89. The number of halogens is 3. The van der Waals surface area contributed by atoms with Crippen molar-refractivity contribution in [1.29, 1.82) is 0 Å². The van der Waals surface area contributed by atoms with E-state index in [0.717, 1.165) is 189 Å². The largest absolute Gasteiger partial charge is 0.393 e. The Labute approximate surface area is 698 Å². The van der Waals surface area contributed by atoms with E-state index in [9.17, 15) is 38.4 Å². The number of carbonyl (C=O) groups is 1. The minimum absolute atomic E-state index is 0.00238. The number of hydrogen-bond donors (Lipinski definition) is 4. The van der Waals surface area contributed by atoms with Crippen molar-refractivity contribution in [3.05, 3.63) is 159 Å². The molecule has 638 valence electrons. The Bertz CT molecular complexity index is 4930. The van der Waals surface area contributed by atoms with Crippen LogP contribution < -0.4 is 0 Å². The summed E-state index contributed by atoms with van der Waals surface area (Å²) in [6.07, 6.45) is 34.0. The number of allylic oxidation sites excluding steroid dienone is 3. The van der Waals surface area contributed by atoms with Gasteiger partial charge in [-0.1, -0.05) is 58.3 Å². The molecule has 6 aromatic rings. The van der Waals surface area contributed by atoms with Crippen LogP contribution in [0.5, 0.6) is 0 Å². The van der Waals surface area contributed by atoms with Crippen molar-refractivity contribution in [3.63, 3.8) is 0 Å². The first kappa shape index (κ1) is 80.9. The van der Waals surface area contributed by atoms with Crippen LogP contribution in [0.1, 0.15) is 197 Å². The fourth-order valence-corrected chi connectivity index (χ4v) is 31.4. The monoisotopic (exact) mass is 1630 g/mol. The Morgan fingerprint density at radius 1 is 0.471 bits per heavy atom. The van der Waals surface area contributed by atoms with Gasteiger partial charge in [0.15, 0.2) is 5.78 Å². The lowest BCUT2D eigenvalue weighted by atomic mass is 9.42. The van der Waals surface area contributed by atoms with Crippen molar-refractivity contribution in [2.24, 2.45) is 107 Å². The van der Waals surface area contributed by atoms with Crippen LogP contribution in [0.2, 0.25) is 0 Å². The van der Waals surface area contributed by atoms with Gasteiger partial charge in [-0.25, -0.2) is 27.2 Å². The van der Waals surface area contributed by atoms with E-state index in [0.29, 0.717) is 49.2 Å². The lowest BCUT2D eigenvalue weighted by molar-refractivity contribution is -0.201. The van der Waals surface area contributed by atoms with E-state index in [2.05, 4.69) is 57.9 Å². The molecule has 8 heterocycles. The van der Waals surface area contributed by atoms with E-state index in [1.807, 2.05) is 51.7 Å². The quantitative estimate of drug-likeness (QED) is 0.104. The summed E-state index contributed by atoms with van der Waals surface area (Å²) in [5.74, 6) is 2.17. The second kappa shape index (κ2) is 29.6. The summed E-state index contributed by atoms with van der Waals surface area (Å²) in [4.78, 5) is 12.6. The predicted octanol–water partition coefficient (Wildman–Crippen LogP) is 16.1. The average molecular weight is 1630 g/mol. The summed E-state index contributed by atoms with van der Waals surface area (Å²) in [5, 5.41) is 58.8. The van der Waals surface area contributed by atoms with E-state index in [-0.39, 0.29) is 102 Å². The third-order valence-corrected chi connectivity index (χ3v) is 36.9. The molecule has 11 unspecified atom stereocenters. The van der Waals surface area contributed by atoms with Gasteiger partial charge in [-0.05, 0) is 329 Å². The molecule has 18 nitrogen and oxygen atoms in total. The van der Waals surface area contributed by atoms with Crippen LogP contribution in [0, 0.1) is 125 Å². The number of methoxy groups -OCH3 is 1. The molecule has 5 aliphatic heterocycles. The molecule has 5 saturated heterocycles. The van der Waals surface area contributed by atoms with Crippen molar-refractivity contribution in [2.45, 2.75) is 207 Å². The summed E-state index contributed by atoms with van der Waals surface area (Å²) in [6, 6.07) is 19.6. The second-order valence-electron chi connectivity index (χ2n) is 41.4. The number of rotatable bonds is 8. The third kappa shape index (κ3) is 11.9. The molecule has 12 aliphatic carbocycles. The van der Waals surface area contributed by atoms with Crippen LogP contribution in [-0.2, 0) is 57.2 Å². The first-order chi connectivity index (χ1) is 57.3. The zero-order valence-corrected chi connectivity index (χ0v) is 70.7. The molecule has 3 aromatic heterocycles. The Morgan fingerprint density at radius 2 is 0.849 bits per heavy atom. The second-order valence-corrected chi connectivity index (χ2v) is 41.4. The normalized spacial score (nSPS) is 41.8. The topological polar surface area (TPSA) is 216 Å². The lowest BCUT2D eigenvalue weighted by Gasteiger charge is -2.63. The molecule has 17 aliphatic rings. The maximum Gasteiger partial charge on any atom is 0.190 e. The molecular formula is C98H123F3N6O12. The molecule has 0 amide bonds. The van der Waals surface area contributed by atoms with Gasteiger partial charge in [0.1, 0.15) is 36.5 Å². The summed E-state index contributed by atoms with van der Waals surface area (Å²) in [5.41, 5.74) is 11.9.